The Bertz CT molecular complexity index is 956. The maximum absolute atomic E-state index is 12.6. The van der Waals surface area contributed by atoms with Crippen molar-refractivity contribution in [3.05, 3.63) is 12.2 Å². The zero-order valence-electron chi connectivity index (χ0n) is 45.8. The molecule has 0 rings (SSSR count). The van der Waals surface area contributed by atoms with E-state index in [2.05, 4.69) is 31.3 Å². The summed E-state index contributed by atoms with van der Waals surface area (Å²) in [4.78, 5) is 12.6. The van der Waals surface area contributed by atoms with Crippen molar-refractivity contribution < 1.29 is 20.1 Å². The van der Waals surface area contributed by atoms with E-state index < -0.39 is 18.2 Å². The number of aliphatic hydroxyl groups is 3. The summed E-state index contributed by atoms with van der Waals surface area (Å²) in [6.07, 6.45) is 72.5. The molecule has 1 amide bonds. The van der Waals surface area contributed by atoms with Gasteiger partial charge in [0.05, 0.1) is 31.3 Å². The molecule has 0 spiro atoms. The second kappa shape index (κ2) is 57.7. The third kappa shape index (κ3) is 54.3. The van der Waals surface area contributed by atoms with E-state index in [1.807, 2.05) is 0 Å². The maximum atomic E-state index is 12.6. The number of allylic oxidation sites excluding steroid dienone is 2. The molecule has 400 valence electrons. The standard InChI is InChI=1S/C62H123NO4/c1-3-5-7-9-11-13-15-17-19-21-23-25-26-27-28-29-30-31-32-33-34-36-37-39-41-43-45-47-49-51-53-55-59(65)57-62(67)63-60(58-64)61(66)56-54-52-50-48-46-44-42-40-38-35-24-22-20-18-16-14-12-10-8-6-4-2/h27-28,59-61,64-66H,3-26,29-58H2,1-2H3,(H,63,67)/b28-27-. The van der Waals surface area contributed by atoms with Crippen molar-refractivity contribution in [2.45, 2.75) is 372 Å². The highest BCUT2D eigenvalue weighted by Gasteiger charge is 2.21. The van der Waals surface area contributed by atoms with E-state index in [0.717, 1.165) is 25.7 Å². The molecular weight excluding hydrogens is 823 g/mol. The summed E-state index contributed by atoms with van der Waals surface area (Å²) >= 11 is 0. The first-order chi connectivity index (χ1) is 33.0. The Kier molecular flexibility index (Phi) is 56.9. The van der Waals surface area contributed by atoms with Gasteiger partial charge in [-0.2, -0.15) is 0 Å². The Morgan fingerprint density at radius 1 is 0.358 bits per heavy atom. The van der Waals surface area contributed by atoms with Crippen LogP contribution in [0, 0.1) is 0 Å². The summed E-state index contributed by atoms with van der Waals surface area (Å²) in [7, 11) is 0. The first-order valence-electron chi connectivity index (χ1n) is 31.0. The van der Waals surface area contributed by atoms with Crippen molar-refractivity contribution in [1.29, 1.82) is 0 Å². The van der Waals surface area contributed by atoms with Gasteiger partial charge in [-0.15, -0.1) is 0 Å². The molecule has 4 N–H and O–H groups in total. The average Bonchev–Trinajstić information content (AvgIpc) is 3.32. The molecule has 0 aromatic carbocycles. The van der Waals surface area contributed by atoms with Crippen LogP contribution in [0.3, 0.4) is 0 Å². The lowest BCUT2D eigenvalue weighted by molar-refractivity contribution is -0.125. The zero-order chi connectivity index (χ0) is 48.6. The van der Waals surface area contributed by atoms with E-state index in [4.69, 9.17) is 0 Å². The molecule has 0 aromatic rings. The molecule has 0 radical (unpaired) electrons. The van der Waals surface area contributed by atoms with Crippen LogP contribution in [0.25, 0.3) is 0 Å². The minimum absolute atomic E-state index is 0.0414. The van der Waals surface area contributed by atoms with Crippen molar-refractivity contribution in [2.75, 3.05) is 6.61 Å². The Morgan fingerprint density at radius 2 is 0.597 bits per heavy atom. The predicted octanol–water partition coefficient (Wildman–Crippen LogP) is 19.5. The molecule has 0 fully saturated rings. The molecule has 0 saturated heterocycles. The second-order valence-corrected chi connectivity index (χ2v) is 21.7. The molecule has 0 bridgehead atoms. The first kappa shape index (κ1) is 66.1. The fraction of sp³-hybridized carbons (Fsp3) is 0.952. The van der Waals surface area contributed by atoms with Gasteiger partial charge >= 0.3 is 0 Å². The first-order valence-corrected chi connectivity index (χ1v) is 31.0. The van der Waals surface area contributed by atoms with Crippen molar-refractivity contribution in [1.82, 2.24) is 5.32 Å². The van der Waals surface area contributed by atoms with Crippen LogP contribution in [0.5, 0.6) is 0 Å². The Morgan fingerprint density at radius 3 is 0.866 bits per heavy atom. The number of nitrogens with one attached hydrogen (secondary N) is 1. The molecule has 0 saturated carbocycles. The summed E-state index contributed by atoms with van der Waals surface area (Å²) in [6, 6.07) is -0.656. The van der Waals surface area contributed by atoms with Crippen molar-refractivity contribution in [2.24, 2.45) is 0 Å². The highest BCUT2D eigenvalue weighted by Crippen LogP contribution is 2.19. The van der Waals surface area contributed by atoms with Crippen LogP contribution in [0.2, 0.25) is 0 Å². The lowest BCUT2D eigenvalue weighted by Gasteiger charge is -2.23. The van der Waals surface area contributed by atoms with E-state index in [1.165, 1.54) is 295 Å². The summed E-state index contributed by atoms with van der Waals surface area (Å²) in [6.45, 7) is 4.31. The van der Waals surface area contributed by atoms with Gasteiger partial charge in [-0.25, -0.2) is 0 Å². The Balaban J connectivity index is 3.47. The lowest BCUT2D eigenvalue weighted by atomic mass is 10.0. The van der Waals surface area contributed by atoms with Gasteiger partial charge in [-0.05, 0) is 38.5 Å². The van der Waals surface area contributed by atoms with Gasteiger partial charge in [0.25, 0.3) is 0 Å². The van der Waals surface area contributed by atoms with Crippen LogP contribution >= 0.6 is 0 Å². The topological polar surface area (TPSA) is 89.8 Å². The van der Waals surface area contributed by atoms with Gasteiger partial charge in [-0.3, -0.25) is 4.79 Å². The number of unbranched alkanes of at least 4 members (excludes halogenated alkanes) is 47. The van der Waals surface area contributed by atoms with Gasteiger partial charge < -0.3 is 20.6 Å². The van der Waals surface area contributed by atoms with Crippen LogP contribution < -0.4 is 5.32 Å². The van der Waals surface area contributed by atoms with Crippen LogP contribution in [-0.4, -0.2) is 46.1 Å². The minimum atomic E-state index is -0.747. The van der Waals surface area contributed by atoms with Crippen molar-refractivity contribution in [3.63, 3.8) is 0 Å². The number of rotatable bonds is 58. The third-order valence-electron chi connectivity index (χ3n) is 14.8. The number of carbonyl (C=O) groups excluding carboxylic acids is 1. The van der Waals surface area contributed by atoms with E-state index >= 15 is 0 Å². The Labute approximate surface area is 420 Å². The molecule has 67 heavy (non-hydrogen) atoms. The molecule has 0 aliphatic rings. The molecule has 5 heteroatoms. The smallest absolute Gasteiger partial charge is 0.222 e. The quantitative estimate of drug-likeness (QED) is 0.0361. The summed E-state index contributed by atoms with van der Waals surface area (Å²) in [5, 5.41) is 33.7. The third-order valence-corrected chi connectivity index (χ3v) is 14.8. The zero-order valence-corrected chi connectivity index (χ0v) is 45.8. The van der Waals surface area contributed by atoms with Gasteiger partial charge in [0.15, 0.2) is 0 Å². The lowest BCUT2D eigenvalue weighted by Crippen LogP contribution is -2.46. The molecule has 0 aliphatic carbocycles. The van der Waals surface area contributed by atoms with Crippen LogP contribution in [0.15, 0.2) is 12.2 Å². The number of hydrogen-bond donors (Lipinski definition) is 4. The molecule has 3 unspecified atom stereocenters. The second-order valence-electron chi connectivity index (χ2n) is 21.7. The summed E-state index contributed by atoms with van der Waals surface area (Å²) in [5.41, 5.74) is 0. The van der Waals surface area contributed by atoms with Gasteiger partial charge in [0.1, 0.15) is 0 Å². The van der Waals surface area contributed by atoms with E-state index in [0.29, 0.717) is 12.8 Å². The molecule has 3 atom stereocenters. The fourth-order valence-corrected chi connectivity index (χ4v) is 10.1. The molecule has 0 aliphatic heterocycles. The van der Waals surface area contributed by atoms with E-state index in [1.54, 1.807) is 0 Å². The number of amides is 1. The maximum Gasteiger partial charge on any atom is 0.222 e. The molecule has 5 nitrogen and oxygen atoms in total. The highest BCUT2D eigenvalue weighted by molar-refractivity contribution is 5.76. The van der Waals surface area contributed by atoms with Crippen LogP contribution in [-0.2, 0) is 4.79 Å². The van der Waals surface area contributed by atoms with Crippen molar-refractivity contribution >= 4 is 5.91 Å². The monoisotopic (exact) mass is 946 g/mol. The van der Waals surface area contributed by atoms with E-state index in [9.17, 15) is 20.1 Å². The molecular formula is C62H123NO4. The normalized spacial score (nSPS) is 13.2. The van der Waals surface area contributed by atoms with Gasteiger partial charge in [0, 0.05) is 0 Å². The van der Waals surface area contributed by atoms with Crippen LogP contribution in [0.1, 0.15) is 354 Å². The minimum Gasteiger partial charge on any atom is -0.394 e. The summed E-state index contributed by atoms with van der Waals surface area (Å²) < 4.78 is 0. The largest absolute Gasteiger partial charge is 0.394 e. The van der Waals surface area contributed by atoms with E-state index in [-0.39, 0.29) is 18.9 Å². The predicted molar refractivity (Wildman–Crippen MR) is 296 cm³/mol. The Hall–Kier alpha value is -0.910. The SMILES string of the molecule is CCCCCCCCCCCCCC/C=C\CCCCCCCCCCCCCCCCCC(O)CC(=O)NC(CO)C(O)CCCCCCCCCCCCCCCCCCCCCCC. The molecule has 0 aromatic heterocycles. The van der Waals surface area contributed by atoms with Gasteiger partial charge in [0.2, 0.25) is 5.91 Å². The number of hydrogen-bond acceptors (Lipinski definition) is 4. The van der Waals surface area contributed by atoms with Crippen LogP contribution in [0.4, 0.5) is 0 Å². The highest BCUT2D eigenvalue weighted by atomic mass is 16.3. The number of carbonyl (C=O) groups is 1. The van der Waals surface area contributed by atoms with Crippen molar-refractivity contribution in [3.8, 4) is 0 Å². The molecule has 0 heterocycles. The summed E-state index contributed by atoms with van der Waals surface area (Å²) in [5.74, 6) is -0.275. The average molecular weight is 947 g/mol. The van der Waals surface area contributed by atoms with Gasteiger partial charge in [-0.1, -0.05) is 321 Å². The fourth-order valence-electron chi connectivity index (χ4n) is 10.1. The number of aliphatic hydroxyl groups excluding tert-OH is 3.